The van der Waals surface area contributed by atoms with Gasteiger partial charge in [-0.05, 0) is 12.1 Å². The SMILES string of the molecule is O=C(NCCC(O)(P(=O)(O)O)P(=O)(O)O)c1cc(O)c(O)c(O)c1. The third-order valence-corrected chi connectivity index (χ3v) is 6.89. The van der Waals surface area contributed by atoms with Crippen LogP contribution in [0.4, 0.5) is 0 Å². The zero-order valence-corrected chi connectivity index (χ0v) is 13.6. The van der Waals surface area contributed by atoms with Gasteiger partial charge in [0.15, 0.2) is 17.2 Å². The van der Waals surface area contributed by atoms with Crippen LogP contribution >= 0.6 is 15.2 Å². The molecule has 1 rings (SSSR count). The minimum absolute atomic E-state index is 0.362. The third-order valence-electron chi connectivity index (χ3n) is 3.01. The highest BCUT2D eigenvalue weighted by atomic mass is 31.2. The van der Waals surface area contributed by atoms with Crippen LogP contribution in [-0.2, 0) is 9.13 Å². The van der Waals surface area contributed by atoms with Gasteiger partial charge in [0, 0.05) is 18.5 Å². The number of carbonyl (C=O) groups is 1. The molecule has 9 N–H and O–H groups in total. The molecule has 0 aliphatic rings. The standard InChI is InChI=1S/C10H15NO11P2/c12-6-3-5(4-7(13)8(6)14)9(15)11-2-1-10(16,23(17,18)19)24(20,21)22/h3-4,12-14,16H,1-2H2,(H,11,15)(H2,17,18,19)(H2,20,21,22). The first-order chi connectivity index (χ1) is 10.7. The molecule has 14 heteroatoms. The van der Waals surface area contributed by atoms with E-state index in [9.17, 15) is 29.2 Å². The van der Waals surface area contributed by atoms with Crippen LogP contribution in [0.1, 0.15) is 16.8 Å². The topological polar surface area (TPSA) is 225 Å². The molecule has 0 unspecified atom stereocenters. The first kappa shape index (κ1) is 20.4. The number of hydrogen-bond acceptors (Lipinski definition) is 7. The molecular weight excluding hydrogens is 372 g/mol. The van der Waals surface area contributed by atoms with E-state index in [-0.39, 0.29) is 5.56 Å². The van der Waals surface area contributed by atoms with E-state index in [4.69, 9.17) is 24.7 Å². The molecule has 0 heterocycles. The quantitative estimate of drug-likeness (QED) is 0.211. The monoisotopic (exact) mass is 387 g/mol. The summed E-state index contributed by atoms with van der Waals surface area (Å²) in [6.45, 7) is -0.756. The lowest BCUT2D eigenvalue weighted by atomic mass is 10.1. The molecule has 0 fully saturated rings. The highest BCUT2D eigenvalue weighted by Crippen LogP contribution is 2.68. The molecule has 0 aromatic heterocycles. The Morgan fingerprint density at radius 3 is 1.79 bits per heavy atom. The van der Waals surface area contributed by atoms with E-state index in [0.29, 0.717) is 0 Å². The highest BCUT2D eigenvalue weighted by Gasteiger charge is 2.58. The van der Waals surface area contributed by atoms with E-state index in [2.05, 4.69) is 0 Å². The zero-order chi connectivity index (χ0) is 18.9. The molecule has 0 bridgehead atoms. The maximum absolute atomic E-state index is 11.8. The summed E-state index contributed by atoms with van der Waals surface area (Å²) in [5, 5.41) is 35.6. The van der Waals surface area contributed by atoms with Crippen LogP contribution in [0.2, 0.25) is 0 Å². The fraction of sp³-hybridized carbons (Fsp3) is 0.300. The second kappa shape index (κ2) is 6.69. The van der Waals surface area contributed by atoms with Crippen molar-refractivity contribution >= 4 is 21.1 Å². The summed E-state index contributed by atoms with van der Waals surface area (Å²) in [5.74, 6) is -3.52. The van der Waals surface area contributed by atoms with Crippen molar-refractivity contribution in [3.05, 3.63) is 17.7 Å². The van der Waals surface area contributed by atoms with Crippen LogP contribution in [0, 0.1) is 0 Å². The summed E-state index contributed by atoms with van der Waals surface area (Å²) in [5.41, 5.74) is -0.362. The molecule has 1 aromatic carbocycles. The number of amides is 1. The van der Waals surface area contributed by atoms with E-state index in [1.54, 1.807) is 0 Å². The summed E-state index contributed by atoms with van der Waals surface area (Å²) in [6, 6.07) is 1.53. The first-order valence-corrected chi connectivity index (χ1v) is 9.30. The molecule has 0 saturated carbocycles. The normalized spacial score (nSPS) is 12.9. The number of aromatic hydroxyl groups is 3. The third kappa shape index (κ3) is 4.05. The number of rotatable bonds is 6. The van der Waals surface area contributed by atoms with Crippen LogP contribution in [0.5, 0.6) is 17.2 Å². The Morgan fingerprint density at radius 1 is 1.00 bits per heavy atom. The molecule has 1 amide bonds. The molecule has 136 valence electrons. The average molecular weight is 387 g/mol. The number of hydrogen-bond donors (Lipinski definition) is 9. The van der Waals surface area contributed by atoms with Gasteiger partial charge in [-0.15, -0.1) is 0 Å². The minimum Gasteiger partial charge on any atom is -0.504 e. The second-order valence-electron chi connectivity index (χ2n) is 4.73. The largest absolute Gasteiger partial charge is 0.504 e. The lowest BCUT2D eigenvalue weighted by Gasteiger charge is -2.29. The average Bonchev–Trinajstić information content (AvgIpc) is 2.41. The summed E-state index contributed by atoms with van der Waals surface area (Å²) < 4.78 is 22.2. The smallest absolute Gasteiger partial charge is 0.369 e. The van der Waals surface area contributed by atoms with Crippen molar-refractivity contribution in [2.24, 2.45) is 0 Å². The Kier molecular flexibility index (Phi) is 5.69. The molecule has 24 heavy (non-hydrogen) atoms. The van der Waals surface area contributed by atoms with Gasteiger partial charge in [-0.1, -0.05) is 0 Å². The second-order valence-corrected chi connectivity index (χ2v) is 8.74. The van der Waals surface area contributed by atoms with Crippen molar-refractivity contribution < 1.29 is 53.9 Å². The Morgan fingerprint density at radius 2 is 1.42 bits per heavy atom. The minimum atomic E-state index is -5.64. The molecule has 0 aliphatic carbocycles. The van der Waals surface area contributed by atoms with E-state index < -0.39 is 56.4 Å². The summed E-state index contributed by atoms with van der Waals surface area (Å²) in [4.78, 5) is 47.4. The number of nitrogens with one attached hydrogen (secondary N) is 1. The summed E-state index contributed by atoms with van der Waals surface area (Å²) in [7, 11) is -11.3. The summed E-state index contributed by atoms with van der Waals surface area (Å²) in [6.07, 6.45) is -1.18. The van der Waals surface area contributed by atoms with Gasteiger partial charge in [-0.25, -0.2) is 0 Å². The Balaban J connectivity index is 2.88. The van der Waals surface area contributed by atoms with E-state index in [0.717, 1.165) is 12.1 Å². The van der Waals surface area contributed by atoms with Crippen LogP contribution in [0.25, 0.3) is 0 Å². The van der Waals surface area contributed by atoms with Crippen LogP contribution in [-0.4, -0.2) is 57.5 Å². The molecule has 0 spiro atoms. The Hall–Kier alpha value is -1.65. The van der Waals surface area contributed by atoms with Gasteiger partial charge < -0.3 is 45.3 Å². The fourth-order valence-electron chi connectivity index (χ4n) is 1.64. The van der Waals surface area contributed by atoms with Crippen LogP contribution < -0.4 is 5.32 Å². The molecule has 0 atom stereocenters. The lowest BCUT2D eigenvalue weighted by molar-refractivity contribution is 0.0925. The van der Waals surface area contributed by atoms with Gasteiger partial charge in [-0.2, -0.15) is 0 Å². The Labute approximate surface area is 134 Å². The highest BCUT2D eigenvalue weighted by molar-refractivity contribution is 7.72. The molecule has 1 aromatic rings. The van der Waals surface area contributed by atoms with E-state index in [1.807, 2.05) is 5.32 Å². The van der Waals surface area contributed by atoms with Crippen molar-refractivity contribution in [2.45, 2.75) is 11.5 Å². The predicted octanol–water partition coefficient (Wildman–Crippen LogP) is -1.08. The van der Waals surface area contributed by atoms with Gasteiger partial charge in [0.05, 0.1) is 0 Å². The molecule has 0 aliphatic heterocycles. The van der Waals surface area contributed by atoms with Crippen molar-refractivity contribution in [2.75, 3.05) is 6.54 Å². The fourth-order valence-corrected chi connectivity index (χ4v) is 3.81. The molecular formula is C10H15NO11P2. The number of phenolic OH excluding ortho intramolecular Hbond substituents is 3. The van der Waals surface area contributed by atoms with E-state index in [1.165, 1.54) is 0 Å². The van der Waals surface area contributed by atoms with Gasteiger partial charge in [0.1, 0.15) is 0 Å². The van der Waals surface area contributed by atoms with Gasteiger partial charge >= 0.3 is 15.2 Å². The number of benzene rings is 1. The van der Waals surface area contributed by atoms with Gasteiger partial charge in [-0.3, -0.25) is 13.9 Å². The number of phenols is 3. The van der Waals surface area contributed by atoms with Gasteiger partial charge in [0.2, 0.25) is 0 Å². The first-order valence-electron chi connectivity index (χ1n) is 6.07. The van der Waals surface area contributed by atoms with Gasteiger partial charge in [0.25, 0.3) is 11.0 Å². The van der Waals surface area contributed by atoms with Crippen molar-refractivity contribution in [3.8, 4) is 17.2 Å². The molecule has 0 saturated heterocycles. The predicted molar refractivity (Wildman–Crippen MR) is 77.4 cm³/mol. The number of carbonyl (C=O) groups excluding carboxylic acids is 1. The van der Waals surface area contributed by atoms with Crippen LogP contribution in [0.3, 0.4) is 0 Å². The van der Waals surface area contributed by atoms with E-state index >= 15 is 0 Å². The summed E-state index contributed by atoms with van der Waals surface area (Å²) >= 11 is 0. The van der Waals surface area contributed by atoms with Crippen LogP contribution in [0.15, 0.2) is 12.1 Å². The molecule has 0 radical (unpaired) electrons. The van der Waals surface area contributed by atoms with Crippen molar-refractivity contribution in [3.63, 3.8) is 0 Å². The maximum atomic E-state index is 11.8. The molecule has 12 nitrogen and oxygen atoms in total. The lowest BCUT2D eigenvalue weighted by Crippen LogP contribution is -2.35. The van der Waals surface area contributed by atoms with Crippen molar-refractivity contribution in [1.82, 2.24) is 5.32 Å². The maximum Gasteiger partial charge on any atom is 0.369 e. The number of aliphatic hydroxyl groups is 1. The Bertz CT molecular complexity index is 691. The van der Waals surface area contributed by atoms with Crippen molar-refractivity contribution in [1.29, 1.82) is 0 Å². The zero-order valence-electron chi connectivity index (χ0n) is 11.8.